The molecule has 0 saturated carbocycles. The van der Waals surface area contributed by atoms with Crippen molar-refractivity contribution in [1.29, 1.82) is 0 Å². The van der Waals surface area contributed by atoms with Gasteiger partial charge >= 0.3 is 12.1 Å². The van der Waals surface area contributed by atoms with Crippen LogP contribution in [0.1, 0.15) is 53.9 Å². The SMILES string of the molecule is O=C(NCc1ccc(C2OC(CSc3cccc[n+]3[O-])CC(c3ccc(CO)cc3)O2)cc1)C1CCCN1C(=O)C(F)(F)F. The number of benzene rings is 2. The Balaban J connectivity index is 1.24. The van der Waals surface area contributed by atoms with Crippen LogP contribution in [0.2, 0.25) is 0 Å². The van der Waals surface area contributed by atoms with Gasteiger partial charge in [0.15, 0.2) is 12.5 Å². The van der Waals surface area contributed by atoms with E-state index in [2.05, 4.69) is 5.32 Å². The molecule has 13 heteroatoms. The molecule has 3 aromatic rings. The minimum atomic E-state index is -5.03. The fourth-order valence-corrected chi connectivity index (χ4v) is 6.20. The Bertz CT molecular complexity index is 1440. The smallest absolute Gasteiger partial charge is 0.471 e. The van der Waals surface area contributed by atoms with Gasteiger partial charge in [-0.05, 0) is 35.6 Å². The van der Waals surface area contributed by atoms with Crippen LogP contribution in [-0.2, 0) is 32.2 Å². The Morgan fingerprint density at radius 3 is 2.41 bits per heavy atom. The number of aliphatic hydroxyl groups excluding tert-OH is 1. The second-order valence-corrected chi connectivity index (χ2v) is 11.7. The van der Waals surface area contributed by atoms with E-state index in [1.807, 2.05) is 24.3 Å². The number of nitrogens with zero attached hydrogens (tertiary/aromatic N) is 2. The quantitative estimate of drug-likeness (QED) is 0.205. The number of aromatic nitrogens is 1. The zero-order valence-corrected chi connectivity index (χ0v) is 24.4. The average Bonchev–Trinajstić information content (AvgIpc) is 3.53. The van der Waals surface area contributed by atoms with Gasteiger partial charge in [-0.3, -0.25) is 9.59 Å². The summed E-state index contributed by atoms with van der Waals surface area (Å²) in [5, 5.41) is 24.8. The Labute approximate surface area is 256 Å². The van der Waals surface area contributed by atoms with Crippen molar-refractivity contribution in [2.75, 3.05) is 12.3 Å². The van der Waals surface area contributed by atoms with Gasteiger partial charge in [0.05, 0.1) is 18.8 Å². The normalized spacial score (nSPS) is 22.1. The van der Waals surface area contributed by atoms with Gasteiger partial charge in [-0.25, -0.2) is 0 Å². The number of likely N-dealkylation sites (tertiary alicyclic amines) is 1. The molecule has 0 bridgehead atoms. The van der Waals surface area contributed by atoms with Crippen molar-refractivity contribution in [3.05, 3.63) is 100 Å². The van der Waals surface area contributed by atoms with Gasteiger partial charge in [0.2, 0.25) is 5.91 Å². The molecular formula is C31H32F3N3O6S. The fourth-order valence-electron chi connectivity index (χ4n) is 5.27. The zero-order valence-electron chi connectivity index (χ0n) is 23.6. The van der Waals surface area contributed by atoms with E-state index in [0.29, 0.717) is 34.1 Å². The van der Waals surface area contributed by atoms with Gasteiger partial charge < -0.3 is 30.0 Å². The molecule has 2 aromatic carbocycles. The first-order valence-corrected chi connectivity index (χ1v) is 15.2. The lowest BCUT2D eigenvalue weighted by Gasteiger charge is -2.36. The molecule has 2 N–H and O–H groups in total. The Kier molecular flexibility index (Phi) is 10.1. The number of amides is 2. The lowest BCUT2D eigenvalue weighted by Crippen LogP contribution is -2.50. The summed E-state index contributed by atoms with van der Waals surface area (Å²) in [5.41, 5.74) is 3.14. The van der Waals surface area contributed by atoms with Gasteiger partial charge in [0, 0.05) is 43.0 Å². The molecule has 3 heterocycles. The molecule has 0 radical (unpaired) electrons. The average molecular weight is 632 g/mol. The first-order chi connectivity index (χ1) is 21.1. The second kappa shape index (κ2) is 14.0. The molecule has 2 saturated heterocycles. The molecule has 5 rings (SSSR count). The maximum atomic E-state index is 12.9. The number of hydrogen-bond acceptors (Lipinski definition) is 7. The van der Waals surface area contributed by atoms with Crippen LogP contribution in [-0.4, -0.2) is 52.4 Å². The van der Waals surface area contributed by atoms with E-state index in [9.17, 15) is 33.1 Å². The van der Waals surface area contributed by atoms with Crippen molar-refractivity contribution in [3.8, 4) is 0 Å². The van der Waals surface area contributed by atoms with Gasteiger partial charge in [-0.15, -0.1) is 0 Å². The van der Waals surface area contributed by atoms with Crippen molar-refractivity contribution in [2.24, 2.45) is 0 Å². The number of carbonyl (C=O) groups is 2. The van der Waals surface area contributed by atoms with E-state index < -0.39 is 30.3 Å². The standard InChI is InChI=1S/C31H32F3N3O6S/c32-31(33,34)30(40)36-14-3-4-25(36)28(39)35-17-20-6-12-23(13-7-20)29-42-24(19-44-27-5-1-2-15-37(27)41)16-26(43-29)22-10-8-21(18-38)9-11-22/h1-2,5-13,15,24-26,29,38H,3-4,14,16-19H2,(H,35,39). The third-order valence-electron chi connectivity index (χ3n) is 7.60. The number of nitrogens with one attached hydrogen (secondary N) is 1. The monoisotopic (exact) mass is 631 g/mol. The second-order valence-electron chi connectivity index (χ2n) is 10.6. The summed E-state index contributed by atoms with van der Waals surface area (Å²) in [5.74, 6) is -2.12. The molecular weight excluding hydrogens is 599 g/mol. The van der Waals surface area contributed by atoms with Crippen LogP contribution < -0.4 is 10.0 Å². The van der Waals surface area contributed by atoms with Crippen LogP contribution in [0.25, 0.3) is 0 Å². The molecule has 0 spiro atoms. The van der Waals surface area contributed by atoms with E-state index in [0.717, 1.165) is 21.4 Å². The van der Waals surface area contributed by atoms with Crippen LogP contribution >= 0.6 is 11.8 Å². The van der Waals surface area contributed by atoms with Gasteiger partial charge in [0.1, 0.15) is 6.04 Å². The molecule has 1 aromatic heterocycles. The number of ether oxygens (including phenoxy) is 2. The van der Waals surface area contributed by atoms with Gasteiger partial charge in [0.25, 0.3) is 5.03 Å². The largest absolute Gasteiger partial charge is 0.618 e. The summed E-state index contributed by atoms with van der Waals surface area (Å²) < 4.78 is 52.2. The summed E-state index contributed by atoms with van der Waals surface area (Å²) in [4.78, 5) is 25.0. The van der Waals surface area contributed by atoms with Crippen LogP contribution in [0.3, 0.4) is 0 Å². The van der Waals surface area contributed by atoms with Crippen LogP contribution in [0, 0.1) is 5.21 Å². The number of rotatable bonds is 9. The van der Waals surface area contributed by atoms with Crippen molar-refractivity contribution in [1.82, 2.24) is 10.2 Å². The summed E-state index contributed by atoms with van der Waals surface area (Å²) >= 11 is 1.39. The molecule has 4 atom stereocenters. The molecule has 9 nitrogen and oxygen atoms in total. The minimum absolute atomic E-state index is 0.0690. The van der Waals surface area contributed by atoms with Crippen molar-refractivity contribution < 1.29 is 42.1 Å². The first kappa shape index (κ1) is 31.8. The van der Waals surface area contributed by atoms with E-state index in [1.54, 1.807) is 42.5 Å². The van der Waals surface area contributed by atoms with E-state index in [-0.39, 0.29) is 38.3 Å². The summed E-state index contributed by atoms with van der Waals surface area (Å²) in [6.45, 7) is -0.108. The van der Waals surface area contributed by atoms with Crippen LogP contribution in [0.5, 0.6) is 0 Å². The fraction of sp³-hybridized carbons (Fsp3) is 0.387. The Hall–Kier alpha value is -3.65. The third-order valence-corrected chi connectivity index (χ3v) is 8.75. The van der Waals surface area contributed by atoms with Crippen molar-refractivity contribution in [2.45, 2.75) is 68.2 Å². The molecule has 2 amide bonds. The predicted molar refractivity (Wildman–Crippen MR) is 154 cm³/mol. The summed E-state index contributed by atoms with van der Waals surface area (Å²) in [7, 11) is 0. The molecule has 234 valence electrons. The highest BCUT2D eigenvalue weighted by Gasteiger charge is 2.47. The van der Waals surface area contributed by atoms with E-state index in [4.69, 9.17) is 9.47 Å². The Morgan fingerprint density at radius 1 is 1.02 bits per heavy atom. The maximum Gasteiger partial charge on any atom is 0.471 e. The number of hydrogen-bond donors (Lipinski definition) is 2. The van der Waals surface area contributed by atoms with Crippen molar-refractivity contribution >= 4 is 23.6 Å². The number of carbonyl (C=O) groups excluding carboxylic acids is 2. The lowest BCUT2D eigenvalue weighted by atomic mass is 10.0. The molecule has 2 fully saturated rings. The van der Waals surface area contributed by atoms with Crippen LogP contribution in [0.4, 0.5) is 13.2 Å². The third kappa shape index (κ3) is 7.70. The minimum Gasteiger partial charge on any atom is -0.618 e. The number of aliphatic hydroxyl groups is 1. The number of halogens is 3. The van der Waals surface area contributed by atoms with E-state index in [1.165, 1.54) is 18.0 Å². The zero-order chi connectivity index (χ0) is 31.3. The van der Waals surface area contributed by atoms with Crippen LogP contribution in [0.15, 0.2) is 78.0 Å². The summed E-state index contributed by atoms with van der Waals surface area (Å²) in [6.07, 6.45) is -3.83. The number of thioether (sulfide) groups is 1. The highest BCUT2D eigenvalue weighted by molar-refractivity contribution is 7.99. The Morgan fingerprint density at radius 2 is 1.73 bits per heavy atom. The highest BCUT2D eigenvalue weighted by Crippen LogP contribution is 2.39. The van der Waals surface area contributed by atoms with E-state index >= 15 is 0 Å². The first-order valence-electron chi connectivity index (χ1n) is 14.2. The molecule has 0 aliphatic carbocycles. The number of alkyl halides is 3. The molecule has 4 unspecified atom stereocenters. The molecule has 2 aliphatic heterocycles. The maximum absolute atomic E-state index is 12.9. The lowest BCUT2D eigenvalue weighted by molar-refractivity contribution is -0.645. The van der Waals surface area contributed by atoms with Crippen molar-refractivity contribution in [3.63, 3.8) is 0 Å². The highest BCUT2D eigenvalue weighted by atomic mass is 32.2. The molecule has 44 heavy (non-hydrogen) atoms. The van der Waals surface area contributed by atoms with Gasteiger partial charge in [-0.1, -0.05) is 60.3 Å². The predicted octanol–water partition coefficient (Wildman–Crippen LogP) is 4.32. The number of pyridine rings is 1. The topological polar surface area (TPSA) is 115 Å². The van der Waals surface area contributed by atoms with Gasteiger partial charge in [-0.2, -0.15) is 17.9 Å². The molecule has 2 aliphatic rings. The summed E-state index contributed by atoms with van der Waals surface area (Å²) in [6, 6.07) is 18.7.